The summed E-state index contributed by atoms with van der Waals surface area (Å²) in [7, 11) is -1.45. The molecule has 0 spiro atoms. The number of benzene rings is 16. The molecular formula is C110H72BCl2N7O2. The number of fused-ring (bicyclic) bond motifs is 13. The molecule has 7 aromatic heterocycles. The van der Waals surface area contributed by atoms with E-state index >= 15 is 0 Å². The number of halogens is 2. The van der Waals surface area contributed by atoms with Gasteiger partial charge in [-0.25, -0.2) is 19.9 Å². The van der Waals surface area contributed by atoms with Crippen molar-refractivity contribution in [2.24, 2.45) is 0 Å². The minimum absolute atomic E-state index is 0. The number of hydrogen-bond acceptors (Lipinski definition) is 9. The van der Waals surface area contributed by atoms with Crippen LogP contribution in [0.4, 0.5) is 0 Å². The van der Waals surface area contributed by atoms with Crippen molar-refractivity contribution < 1.29 is 10.0 Å². The molecule has 0 radical (unpaired) electrons. The predicted molar refractivity (Wildman–Crippen MR) is 512 cm³/mol. The van der Waals surface area contributed by atoms with Crippen LogP contribution >= 0.6 is 23.2 Å². The standard InChI is InChI=1S/C62H38N4.C32H18Cl2N2.C15H12BNO2.CH4/c1-3-9-41(10-4-1)59-53-23-19-47(49-15-7-13-45-35-43(17-21-51(45)49)39-27-31-63-32-28-39)37-57(53)65-61-55(59)25-26-56-60(42-11-5-2-6-12-42)54-24-20-48(38-58(54)66-62(56)61)50-16-8-14-46-36-44(18-22-52(46)50)40-29-33-64-34-30-40;33-21-11-13-23-27(17-21)35-31-25(29(23)19-7-3-1-4-8-19)15-16-26-30(20-9-5-2-6-10-20)24-14-12-22(34)18-28(24)36-32(26)31;18-16(19)15-3-1-2-13-10-12(4-5-14(13)15)11-6-8-17-9-7-11;/h1-38H;1-18H;1-10,18-19H;1H4. The van der Waals surface area contributed by atoms with Crippen molar-refractivity contribution in [1.82, 2.24) is 34.9 Å². The van der Waals surface area contributed by atoms with E-state index in [2.05, 4.69) is 294 Å². The molecule has 16 aromatic carbocycles. The molecule has 0 aliphatic rings. The molecule has 576 valence electrons. The van der Waals surface area contributed by atoms with E-state index < -0.39 is 7.12 Å². The molecule has 7 heterocycles. The van der Waals surface area contributed by atoms with Crippen molar-refractivity contribution in [1.29, 1.82) is 0 Å². The first-order valence-electron chi connectivity index (χ1n) is 40.1. The first-order valence-corrected chi connectivity index (χ1v) is 40.9. The molecule has 122 heavy (non-hydrogen) atoms. The van der Waals surface area contributed by atoms with E-state index in [0.29, 0.717) is 15.5 Å². The van der Waals surface area contributed by atoms with Crippen LogP contribution < -0.4 is 5.46 Å². The SMILES string of the molecule is C.Clc1ccc2c(-c3ccccc3)c3ccc4c(-c5ccccc5)c5ccc(Cl)cc5nc4c3nc2c1.OB(O)c1cccc2cc(-c3ccncc3)ccc12.c1ccc(-c2c3ccc(-c4cccc5cc(-c6ccncc6)ccc45)cc3nc3c2ccc2c(-c4ccccc4)c4ccc(-c5cccc6cc(-c7ccncc7)ccc56)cc4nc23)cc1. The first-order chi connectivity index (χ1) is 59.6. The van der Waals surface area contributed by atoms with Crippen LogP contribution in [0.1, 0.15) is 7.43 Å². The Morgan fingerprint density at radius 1 is 0.205 bits per heavy atom. The zero-order valence-corrected chi connectivity index (χ0v) is 66.5. The number of hydrogen-bond donors (Lipinski definition) is 2. The van der Waals surface area contributed by atoms with Gasteiger partial charge in [0, 0.05) is 113 Å². The molecule has 0 amide bonds. The average molecular weight is 1610 g/mol. The molecule has 0 bridgehead atoms. The summed E-state index contributed by atoms with van der Waals surface area (Å²) in [4.78, 5) is 34.0. The molecule has 0 saturated heterocycles. The van der Waals surface area contributed by atoms with Gasteiger partial charge < -0.3 is 10.0 Å². The zero-order chi connectivity index (χ0) is 81.0. The maximum atomic E-state index is 9.36. The summed E-state index contributed by atoms with van der Waals surface area (Å²) < 4.78 is 0. The quantitative estimate of drug-likeness (QED) is 0.0781. The Labute approximate surface area is 714 Å². The number of pyridine rings is 7. The van der Waals surface area contributed by atoms with Gasteiger partial charge in [0.05, 0.1) is 44.1 Å². The van der Waals surface area contributed by atoms with Gasteiger partial charge in [0.15, 0.2) is 0 Å². The third-order valence-electron chi connectivity index (χ3n) is 23.2. The van der Waals surface area contributed by atoms with Crippen LogP contribution in [0.5, 0.6) is 0 Å². The van der Waals surface area contributed by atoms with Crippen LogP contribution in [0, 0.1) is 0 Å². The summed E-state index contributed by atoms with van der Waals surface area (Å²) in [6.45, 7) is 0. The molecule has 9 nitrogen and oxygen atoms in total. The lowest BCUT2D eigenvalue weighted by Gasteiger charge is -2.17. The molecule has 23 aromatic rings. The Kier molecular flexibility index (Phi) is 20.1. The second kappa shape index (κ2) is 32.4. The van der Waals surface area contributed by atoms with Crippen molar-refractivity contribution in [3.63, 3.8) is 0 Å². The van der Waals surface area contributed by atoms with Crippen LogP contribution in [0.25, 0.3) is 220 Å². The van der Waals surface area contributed by atoms with Gasteiger partial charge in [0.25, 0.3) is 0 Å². The van der Waals surface area contributed by atoms with Gasteiger partial charge in [-0.15, -0.1) is 0 Å². The fourth-order valence-electron chi connectivity index (χ4n) is 17.5. The highest BCUT2D eigenvalue weighted by Gasteiger charge is 2.24. The number of nitrogens with zero attached hydrogens (tertiary/aromatic N) is 7. The Morgan fingerprint density at radius 2 is 0.475 bits per heavy atom. The van der Waals surface area contributed by atoms with Crippen molar-refractivity contribution in [3.05, 3.63) is 411 Å². The molecule has 12 heteroatoms. The molecule has 0 fully saturated rings. The van der Waals surface area contributed by atoms with Crippen LogP contribution in [0.3, 0.4) is 0 Å². The van der Waals surface area contributed by atoms with Gasteiger partial charge in [-0.3, -0.25) is 15.0 Å². The second-order valence-electron chi connectivity index (χ2n) is 30.3. The number of aromatic nitrogens is 7. The van der Waals surface area contributed by atoms with Gasteiger partial charge in [-0.2, -0.15) is 0 Å². The van der Waals surface area contributed by atoms with Crippen molar-refractivity contribution >= 4 is 155 Å². The van der Waals surface area contributed by atoms with E-state index in [1.807, 2.05) is 104 Å². The summed E-state index contributed by atoms with van der Waals surface area (Å²) >= 11 is 12.8. The van der Waals surface area contributed by atoms with Crippen LogP contribution in [0.2, 0.25) is 10.0 Å². The summed E-state index contributed by atoms with van der Waals surface area (Å²) in [6.07, 6.45) is 10.9. The fourth-order valence-corrected chi connectivity index (χ4v) is 17.9. The van der Waals surface area contributed by atoms with Crippen LogP contribution in [0.15, 0.2) is 401 Å². The van der Waals surface area contributed by atoms with Gasteiger partial charge in [0.2, 0.25) is 0 Å². The normalized spacial score (nSPS) is 11.4. The third kappa shape index (κ3) is 14.1. The zero-order valence-electron chi connectivity index (χ0n) is 65.0. The summed E-state index contributed by atoms with van der Waals surface area (Å²) in [5.41, 5.74) is 28.0. The molecular weight excluding hydrogens is 1530 g/mol. The largest absolute Gasteiger partial charge is 0.489 e. The second-order valence-corrected chi connectivity index (χ2v) is 31.1. The molecule has 0 aliphatic heterocycles. The highest BCUT2D eigenvalue weighted by molar-refractivity contribution is 6.62. The van der Waals surface area contributed by atoms with Crippen LogP contribution in [-0.2, 0) is 0 Å². The summed E-state index contributed by atoms with van der Waals surface area (Å²) in [5.74, 6) is 0. The highest BCUT2D eigenvalue weighted by Crippen LogP contribution is 2.47. The smallest absolute Gasteiger partial charge is 0.423 e. The highest BCUT2D eigenvalue weighted by atomic mass is 35.5. The van der Waals surface area contributed by atoms with E-state index in [4.69, 9.17) is 43.1 Å². The Hall–Kier alpha value is -15.0. The van der Waals surface area contributed by atoms with E-state index in [1.165, 1.54) is 43.8 Å². The predicted octanol–water partition coefficient (Wildman–Crippen LogP) is 28.1. The average Bonchev–Trinajstić information content (AvgIpc) is 0.723. The Bertz CT molecular complexity index is 7590. The molecule has 0 atom stereocenters. The van der Waals surface area contributed by atoms with E-state index in [-0.39, 0.29) is 7.43 Å². The summed E-state index contributed by atoms with van der Waals surface area (Å²) in [5, 5.41) is 35.2. The van der Waals surface area contributed by atoms with Crippen LogP contribution in [-0.4, -0.2) is 52.1 Å². The van der Waals surface area contributed by atoms with E-state index in [9.17, 15) is 10.0 Å². The maximum Gasteiger partial charge on any atom is 0.489 e. The lowest BCUT2D eigenvalue weighted by atomic mass is 9.77. The third-order valence-corrected chi connectivity index (χ3v) is 23.6. The van der Waals surface area contributed by atoms with Gasteiger partial charge in [0.1, 0.15) is 0 Å². The fraction of sp³-hybridized carbons (Fsp3) is 0.00909. The van der Waals surface area contributed by atoms with E-state index in [1.54, 1.807) is 18.5 Å². The number of rotatable bonds is 10. The van der Waals surface area contributed by atoms with E-state index in [0.717, 1.165) is 176 Å². The van der Waals surface area contributed by atoms with Crippen molar-refractivity contribution in [2.75, 3.05) is 0 Å². The van der Waals surface area contributed by atoms with Gasteiger partial charge >= 0.3 is 7.12 Å². The Balaban J connectivity index is 0.000000140. The molecule has 2 N–H and O–H groups in total. The van der Waals surface area contributed by atoms with Crippen molar-refractivity contribution in [2.45, 2.75) is 7.43 Å². The molecule has 23 rings (SSSR count). The topological polar surface area (TPSA) is 131 Å². The monoisotopic (exact) mass is 1600 g/mol. The molecule has 0 saturated carbocycles. The molecule has 0 aliphatic carbocycles. The van der Waals surface area contributed by atoms with Crippen molar-refractivity contribution in [3.8, 4) is 100 Å². The summed E-state index contributed by atoms with van der Waals surface area (Å²) in [6, 6.07) is 127. The minimum atomic E-state index is -1.45. The minimum Gasteiger partial charge on any atom is -0.423 e. The van der Waals surface area contributed by atoms with Gasteiger partial charge in [-0.05, 0) is 207 Å². The Morgan fingerprint density at radius 3 is 0.803 bits per heavy atom. The molecule has 0 unspecified atom stereocenters. The lowest BCUT2D eigenvalue weighted by molar-refractivity contribution is 0.426. The first kappa shape index (κ1) is 75.7. The van der Waals surface area contributed by atoms with Gasteiger partial charge in [-0.1, -0.05) is 304 Å². The lowest BCUT2D eigenvalue weighted by Crippen LogP contribution is -2.30. The maximum absolute atomic E-state index is 9.36.